The molecule has 3 aromatic rings. The molecular formula is C21H14. The van der Waals surface area contributed by atoms with Gasteiger partial charge < -0.3 is 0 Å². The first-order valence-corrected chi connectivity index (χ1v) is 7.39. The first kappa shape index (κ1) is 11.1. The third-order valence-corrected chi connectivity index (χ3v) is 4.64. The van der Waals surface area contributed by atoms with E-state index in [0.29, 0.717) is 0 Å². The highest BCUT2D eigenvalue weighted by Gasteiger charge is 2.17. The fraction of sp³-hybridized carbons (Fsp3) is 0.0476. The van der Waals surface area contributed by atoms with Crippen molar-refractivity contribution in [1.82, 2.24) is 0 Å². The molecule has 0 N–H and O–H groups in total. The molecule has 2 aliphatic rings. The number of hydrogen-bond donors (Lipinski definition) is 0. The minimum atomic E-state index is 1.31. The highest BCUT2D eigenvalue weighted by atomic mass is 14.2. The lowest BCUT2D eigenvalue weighted by Gasteiger charge is -2.05. The molecule has 3 aromatic carbocycles. The number of rotatable bonds is 0. The first-order valence-electron chi connectivity index (χ1n) is 7.39. The average molecular weight is 266 g/mol. The SMILES string of the molecule is Cc1cccc2c3ccc4cccc5ccc(c-2c1)c3c45. The van der Waals surface area contributed by atoms with Crippen LogP contribution in [0.15, 0.2) is 66.7 Å². The van der Waals surface area contributed by atoms with Crippen molar-refractivity contribution in [2.24, 2.45) is 0 Å². The zero-order chi connectivity index (χ0) is 14.0. The molecule has 0 aromatic heterocycles. The zero-order valence-corrected chi connectivity index (χ0v) is 11.9. The van der Waals surface area contributed by atoms with E-state index in [1.54, 1.807) is 0 Å². The summed E-state index contributed by atoms with van der Waals surface area (Å²) < 4.78 is 0. The van der Waals surface area contributed by atoms with Gasteiger partial charge in [0.05, 0.1) is 0 Å². The van der Waals surface area contributed by atoms with Crippen LogP contribution in [0.5, 0.6) is 0 Å². The molecule has 0 heteroatoms. The Labute approximate surface area is 123 Å². The van der Waals surface area contributed by atoms with Crippen LogP contribution in [0.3, 0.4) is 0 Å². The van der Waals surface area contributed by atoms with Crippen LogP contribution in [0.1, 0.15) is 5.56 Å². The zero-order valence-electron chi connectivity index (χ0n) is 11.9. The highest BCUT2D eigenvalue weighted by Crippen LogP contribution is 2.45. The Morgan fingerprint density at radius 1 is 0.571 bits per heavy atom. The van der Waals surface area contributed by atoms with Gasteiger partial charge in [-0.05, 0) is 50.4 Å². The Morgan fingerprint density at radius 3 is 2.00 bits per heavy atom. The summed E-state index contributed by atoms with van der Waals surface area (Å²) in [5.41, 5.74) is 4.03. The Bertz CT molecular complexity index is 1070. The minimum absolute atomic E-state index is 1.31. The van der Waals surface area contributed by atoms with Gasteiger partial charge in [0.1, 0.15) is 0 Å². The van der Waals surface area contributed by atoms with Gasteiger partial charge in [-0.2, -0.15) is 0 Å². The fourth-order valence-corrected chi connectivity index (χ4v) is 3.73. The topological polar surface area (TPSA) is 0 Å². The van der Waals surface area contributed by atoms with Gasteiger partial charge in [0.2, 0.25) is 0 Å². The number of fused-ring (bicyclic) bond motifs is 3. The van der Waals surface area contributed by atoms with Crippen LogP contribution in [-0.4, -0.2) is 0 Å². The normalized spacial score (nSPS) is 12.0. The van der Waals surface area contributed by atoms with Crippen molar-refractivity contribution < 1.29 is 0 Å². The molecule has 0 bridgehead atoms. The second-order valence-electron chi connectivity index (χ2n) is 5.92. The van der Waals surface area contributed by atoms with Gasteiger partial charge in [0, 0.05) is 0 Å². The molecule has 0 unspecified atom stereocenters. The molecular weight excluding hydrogens is 252 g/mol. The summed E-state index contributed by atoms with van der Waals surface area (Å²) in [6.45, 7) is 2.17. The average Bonchev–Trinajstić information content (AvgIpc) is 2.66. The minimum Gasteiger partial charge on any atom is -0.0614 e. The molecule has 0 aliphatic heterocycles. The van der Waals surface area contributed by atoms with Crippen LogP contribution >= 0.6 is 0 Å². The van der Waals surface area contributed by atoms with E-state index in [2.05, 4.69) is 73.7 Å². The summed E-state index contributed by atoms with van der Waals surface area (Å²) >= 11 is 0. The van der Waals surface area contributed by atoms with Gasteiger partial charge >= 0.3 is 0 Å². The predicted octanol–water partition coefficient (Wildman–Crippen LogP) is 6.00. The van der Waals surface area contributed by atoms with E-state index in [4.69, 9.17) is 0 Å². The van der Waals surface area contributed by atoms with E-state index in [1.807, 2.05) is 0 Å². The second kappa shape index (κ2) is 3.73. The molecule has 0 saturated carbocycles. The molecule has 0 amide bonds. The van der Waals surface area contributed by atoms with Crippen molar-refractivity contribution in [1.29, 1.82) is 0 Å². The van der Waals surface area contributed by atoms with Crippen LogP contribution in [0.25, 0.3) is 43.4 Å². The monoisotopic (exact) mass is 266 g/mol. The number of benzene rings is 3. The lowest BCUT2D eigenvalue weighted by molar-refractivity contribution is 1.52. The van der Waals surface area contributed by atoms with E-state index in [-0.39, 0.29) is 0 Å². The van der Waals surface area contributed by atoms with Crippen molar-refractivity contribution in [3.8, 4) is 11.1 Å². The molecule has 21 heavy (non-hydrogen) atoms. The van der Waals surface area contributed by atoms with Crippen molar-refractivity contribution in [2.75, 3.05) is 0 Å². The third kappa shape index (κ3) is 1.34. The summed E-state index contributed by atoms with van der Waals surface area (Å²) in [6.07, 6.45) is 0. The van der Waals surface area contributed by atoms with E-state index in [1.165, 1.54) is 49.0 Å². The van der Waals surface area contributed by atoms with Crippen LogP contribution in [0.4, 0.5) is 0 Å². The molecule has 2 aliphatic carbocycles. The number of aryl methyl sites for hydroxylation is 1. The van der Waals surface area contributed by atoms with Crippen molar-refractivity contribution in [3.05, 3.63) is 72.3 Å². The smallest absolute Gasteiger partial charge is 0.00143 e. The lowest BCUT2D eigenvalue weighted by atomic mass is 9.98. The molecule has 0 atom stereocenters. The molecule has 98 valence electrons. The van der Waals surface area contributed by atoms with Crippen molar-refractivity contribution >= 4 is 32.3 Å². The van der Waals surface area contributed by atoms with Gasteiger partial charge in [0.15, 0.2) is 0 Å². The van der Waals surface area contributed by atoms with Crippen LogP contribution in [-0.2, 0) is 0 Å². The van der Waals surface area contributed by atoms with Crippen LogP contribution in [0.2, 0.25) is 0 Å². The van der Waals surface area contributed by atoms with Crippen LogP contribution < -0.4 is 0 Å². The quantitative estimate of drug-likeness (QED) is 0.322. The predicted molar refractivity (Wildman–Crippen MR) is 91.5 cm³/mol. The molecule has 5 rings (SSSR count). The molecule has 0 fully saturated rings. The molecule has 0 nitrogen and oxygen atoms in total. The van der Waals surface area contributed by atoms with Gasteiger partial charge in [0.25, 0.3) is 0 Å². The maximum Gasteiger partial charge on any atom is -0.00143 e. The summed E-state index contributed by atoms with van der Waals surface area (Å²) in [5.74, 6) is 0. The summed E-state index contributed by atoms with van der Waals surface area (Å²) in [5, 5.41) is 8.25. The van der Waals surface area contributed by atoms with E-state index < -0.39 is 0 Å². The first-order chi connectivity index (χ1) is 10.3. The molecule has 0 saturated heterocycles. The summed E-state index contributed by atoms with van der Waals surface area (Å²) in [4.78, 5) is 0. The standard InChI is InChI=1S/C21H14/c1-13-4-2-7-16-17-10-8-14-5-3-6-15-9-11-18(19(16)12-13)21(17)20(14)15/h2-12H,1H3. The Hall–Kier alpha value is -2.60. The van der Waals surface area contributed by atoms with E-state index in [0.717, 1.165) is 0 Å². The van der Waals surface area contributed by atoms with Gasteiger partial charge in [-0.3, -0.25) is 0 Å². The van der Waals surface area contributed by atoms with Crippen LogP contribution in [0, 0.1) is 6.92 Å². The van der Waals surface area contributed by atoms with Crippen molar-refractivity contribution in [2.45, 2.75) is 6.92 Å². The third-order valence-electron chi connectivity index (χ3n) is 4.64. The van der Waals surface area contributed by atoms with Gasteiger partial charge in [-0.25, -0.2) is 0 Å². The number of hydrogen-bond acceptors (Lipinski definition) is 0. The second-order valence-corrected chi connectivity index (χ2v) is 5.92. The van der Waals surface area contributed by atoms with Gasteiger partial charge in [-0.1, -0.05) is 72.3 Å². The Kier molecular flexibility index (Phi) is 1.97. The molecule has 0 radical (unpaired) electrons. The maximum atomic E-state index is 2.31. The largest absolute Gasteiger partial charge is 0.0614 e. The van der Waals surface area contributed by atoms with Crippen molar-refractivity contribution in [3.63, 3.8) is 0 Å². The summed E-state index contributed by atoms with van der Waals surface area (Å²) in [7, 11) is 0. The van der Waals surface area contributed by atoms with E-state index >= 15 is 0 Å². The fourth-order valence-electron chi connectivity index (χ4n) is 3.73. The van der Waals surface area contributed by atoms with E-state index in [9.17, 15) is 0 Å². The lowest BCUT2D eigenvalue weighted by Crippen LogP contribution is -1.78. The highest BCUT2D eigenvalue weighted by molar-refractivity contribution is 6.30. The maximum absolute atomic E-state index is 2.31. The molecule has 0 heterocycles. The summed E-state index contributed by atoms with van der Waals surface area (Å²) in [6, 6.07) is 24.6. The Balaban J connectivity index is 2.18. The van der Waals surface area contributed by atoms with Gasteiger partial charge in [-0.15, -0.1) is 0 Å². The Morgan fingerprint density at radius 2 is 1.24 bits per heavy atom. The molecule has 0 spiro atoms.